The first-order valence-corrected chi connectivity index (χ1v) is 6.79. The van der Waals surface area contributed by atoms with Gasteiger partial charge in [0, 0.05) is 0 Å². The zero-order valence-electron chi connectivity index (χ0n) is 9.36. The molecule has 1 aromatic rings. The maximum absolute atomic E-state index is 11.5. The maximum Gasteiger partial charge on any atom is 0.376 e. The Balaban J connectivity index is 2.81. The fourth-order valence-corrected chi connectivity index (χ4v) is 2.36. The molecule has 15 heavy (non-hydrogen) atoms. The summed E-state index contributed by atoms with van der Waals surface area (Å²) in [6.45, 7) is 5.79. The minimum absolute atomic E-state index is 0.194. The van der Waals surface area contributed by atoms with E-state index in [1.807, 2.05) is 26.8 Å². The Bertz CT molecular complexity index is 387. The Morgan fingerprint density at radius 2 is 2.00 bits per heavy atom. The van der Waals surface area contributed by atoms with Gasteiger partial charge in [0.2, 0.25) is 0 Å². The third-order valence-corrected chi connectivity index (χ3v) is 3.74. The molecular formula is C11H17O3P. The third kappa shape index (κ3) is 3.69. The number of hydrogen-bond acceptors (Lipinski definition) is 2. The van der Waals surface area contributed by atoms with Crippen molar-refractivity contribution in [3.05, 3.63) is 29.3 Å². The predicted molar refractivity (Wildman–Crippen MR) is 61.5 cm³/mol. The van der Waals surface area contributed by atoms with Gasteiger partial charge in [-0.05, 0) is 43.5 Å². The van der Waals surface area contributed by atoms with Crippen molar-refractivity contribution in [2.75, 3.05) is 6.16 Å². The second-order valence-electron chi connectivity index (χ2n) is 3.70. The number of hydrogen-bond donors (Lipinski definition) is 1. The molecule has 0 fully saturated rings. The number of rotatable bonds is 4. The van der Waals surface area contributed by atoms with Crippen LogP contribution in [0.5, 0.6) is 5.75 Å². The van der Waals surface area contributed by atoms with Gasteiger partial charge in [-0.2, -0.15) is 0 Å². The Labute approximate surface area is 90.6 Å². The molecule has 1 unspecified atom stereocenters. The second-order valence-corrected chi connectivity index (χ2v) is 5.60. The molecule has 1 N–H and O–H groups in total. The maximum atomic E-state index is 11.5. The van der Waals surface area contributed by atoms with Gasteiger partial charge in [-0.1, -0.05) is 13.0 Å². The highest BCUT2D eigenvalue weighted by molar-refractivity contribution is 7.53. The van der Waals surface area contributed by atoms with Gasteiger partial charge in [0.15, 0.2) is 0 Å². The summed E-state index contributed by atoms with van der Waals surface area (Å²) in [4.78, 5) is 9.46. The molecule has 0 saturated carbocycles. The highest BCUT2D eigenvalue weighted by Gasteiger charge is 2.19. The van der Waals surface area contributed by atoms with E-state index in [1.165, 1.54) is 0 Å². The predicted octanol–water partition coefficient (Wildman–Crippen LogP) is 3.28. The van der Waals surface area contributed by atoms with Crippen LogP contribution in [-0.2, 0) is 4.57 Å². The Morgan fingerprint density at radius 3 is 2.53 bits per heavy atom. The molecule has 0 aromatic heterocycles. The lowest BCUT2D eigenvalue weighted by Gasteiger charge is -2.13. The van der Waals surface area contributed by atoms with Crippen molar-refractivity contribution >= 4 is 7.60 Å². The van der Waals surface area contributed by atoms with Crippen LogP contribution in [0.1, 0.15) is 24.5 Å². The lowest BCUT2D eigenvalue weighted by Crippen LogP contribution is -1.96. The van der Waals surface area contributed by atoms with Crippen LogP contribution in [0.4, 0.5) is 0 Å². The minimum atomic E-state index is -3.45. The van der Waals surface area contributed by atoms with Gasteiger partial charge in [-0.15, -0.1) is 0 Å². The molecule has 0 aliphatic heterocycles. The lowest BCUT2D eigenvalue weighted by molar-refractivity contribution is 0.379. The van der Waals surface area contributed by atoms with Crippen LogP contribution >= 0.6 is 7.60 Å². The van der Waals surface area contributed by atoms with Gasteiger partial charge in [-0.25, -0.2) is 4.57 Å². The van der Waals surface area contributed by atoms with Crippen molar-refractivity contribution in [3.8, 4) is 5.75 Å². The van der Waals surface area contributed by atoms with E-state index in [2.05, 4.69) is 0 Å². The minimum Gasteiger partial charge on any atom is -0.424 e. The molecule has 0 aliphatic carbocycles. The summed E-state index contributed by atoms with van der Waals surface area (Å²) in [5.41, 5.74) is 2.20. The molecule has 0 spiro atoms. The summed E-state index contributed by atoms with van der Waals surface area (Å²) in [6, 6.07) is 5.39. The first kappa shape index (κ1) is 12.3. The molecule has 0 heterocycles. The smallest absolute Gasteiger partial charge is 0.376 e. The van der Waals surface area contributed by atoms with E-state index in [9.17, 15) is 9.46 Å². The third-order valence-electron chi connectivity index (χ3n) is 2.23. The van der Waals surface area contributed by atoms with Crippen molar-refractivity contribution in [3.63, 3.8) is 0 Å². The van der Waals surface area contributed by atoms with Crippen molar-refractivity contribution in [2.45, 2.75) is 27.2 Å². The zero-order chi connectivity index (χ0) is 11.5. The van der Waals surface area contributed by atoms with Gasteiger partial charge in [0.1, 0.15) is 5.75 Å². The fraction of sp³-hybridized carbons (Fsp3) is 0.455. The molecular weight excluding hydrogens is 211 g/mol. The van der Waals surface area contributed by atoms with Crippen LogP contribution in [0, 0.1) is 13.8 Å². The van der Waals surface area contributed by atoms with E-state index in [0.29, 0.717) is 12.2 Å². The first-order valence-electron chi connectivity index (χ1n) is 5.03. The quantitative estimate of drug-likeness (QED) is 0.804. The first-order chi connectivity index (χ1) is 6.94. The fourth-order valence-electron chi connectivity index (χ4n) is 1.26. The van der Waals surface area contributed by atoms with Crippen LogP contribution in [0.3, 0.4) is 0 Å². The van der Waals surface area contributed by atoms with Gasteiger partial charge < -0.3 is 9.42 Å². The average Bonchev–Trinajstić information content (AvgIpc) is 2.10. The molecule has 1 atom stereocenters. The van der Waals surface area contributed by atoms with E-state index in [0.717, 1.165) is 11.1 Å². The van der Waals surface area contributed by atoms with Gasteiger partial charge >= 0.3 is 7.60 Å². The summed E-state index contributed by atoms with van der Waals surface area (Å²) in [7, 11) is -3.45. The molecule has 3 nitrogen and oxygen atoms in total. The van der Waals surface area contributed by atoms with E-state index < -0.39 is 7.60 Å². The monoisotopic (exact) mass is 228 g/mol. The van der Waals surface area contributed by atoms with Crippen molar-refractivity contribution in [1.29, 1.82) is 0 Å². The summed E-state index contributed by atoms with van der Waals surface area (Å²) in [5, 5.41) is 0. The van der Waals surface area contributed by atoms with Crippen LogP contribution in [-0.4, -0.2) is 11.1 Å². The van der Waals surface area contributed by atoms with Crippen LogP contribution in [0.15, 0.2) is 18.2 Å². The number of aryl methyl sites for hydroxylation is 2. The van der Waals surface area contributed by atoms with Crippen molar-refractivity contribution < 1.29 is 14.0 Å². The van der Waals surface area contributed by atoms with Crippen molar-refractivity contribution in [1.82, 2.24) is 0 Å². The molecule has 84 valence electrons. The summed E-state index contributed by atoms with van der Waals surface area (Å²) in [5.74, 6) is 0.470. The molecule has 1 rings (SSSR count). The molecule has 0 amide bonds. The van der Waals surface area contributed by atoms with E-state index in [1.54, 1.807) is 12.1 Å². The molecule has 0 bridgehead atoms. The SMILES string of the molecule is CCCP(=O)(O)Oc1ccc(C)c(C)c1. The topological polar surface area (TPSA) is 46.5 Å². The molecule has 0 radical (unpaired) electrons. The highest BCUT2D eigenvalue weighted by Crippen LogP contribution is 2.43. The van der Waals surface area contributed by atoms with Crippen molar-refractivity contribution in [2.24, 2.45) is 0 Å². The summed E-state index contributed by atoms with van der Waals surface area (Å²) >= 11 is 0. The second kappa shape index (κ2) is 4.82. The summed E-state index contributed by atoms with van der Waals surface area (Å²) < 4.78 is 16.6. The largest absolute Gasteiger partial charge is 0.424 e. The van der Waals surface area contributed by atoms with Crippen LogP contribution in [0.2, 0.25) is 0 Å². The van der Waals surface area contributed by atoms with Gasteiger partial charge in [0.25, 0.3) is 0 Å². The lowest BCUT2D eigenvalue weighted by atomic mass is 10.1. The van der Waals surface area contributed by atoms with Gasteiger partial charge in [0.05, 0.1) is 6.16 Å². The normalized spacial score (nSPS) is 14.7. The van der Waals surface area contributed by atoms with Crippen LogP contribution in [0.25, 0.3) is 0 Å². The molecule has 0 aliphatic rings. The molecule has 1 aromatic carbocycles. The van der Waals surface area contributed by atoms with E-state index in [4.69, 9.17) is 4.52 Å². The standard InChI is InChI=1S/C11H17O3P/c1-4-7-15(12,13)14-11-6-5-9(2)10(3)8-11/h5-6,8H,4,7H2,1-3H3,(H,12,13). The molecule has 4 heteroatoms. The average molecular weight is 228 g/mol. The number of benzene rings is 1. The van der Waals surface area contributed by atoms with Crippen LogP contribution < -0.4 is 4.52 Å². The zero-order valence-corrected chi connectivity index (χ0v) is 10.3. The van der Waals surface area contributed by atoms with E-state index >= 15 is 0 Å². The summed E-state index contributed by atoms with van der Waals surface area (Å²) in [6.07, 6.45) is 0.832. The van der Waals surface area contributed by atoms with E-state index in [-0.39, 0.29) is 6.16 Å². The Kier molecular flexibility index (Phi) is 3.95. The molecule has 0 saturated heterocycles. The van der Waals surface area contributed by atoms with Gasteiger partial charge in [-0.3, -0.25) is 0 Å². The Hall–Kier alpha value is -0.790. The Morgan fingerprint density at radius 1 is 1.33 bits per heavy atom. The highest BCUT2D eigenvalue weighted by atomic mass is 31.2.